The summed E-state index contributed by atoms with van der Waals surface area (Å²) in [7, 11) is 0. The number of β-lactam (4-membered cyclic amide) rings is 1. The Bertz CT molecular complexity index is 1620. The molecule has 0 aromatic heterocycles. The van der Waals surface area contributed by atoms with Crippen LogP contribution in [-0.4, -0.2) is 110 Å². The van der Waals surface area contributed by atoms with E-state index in [-0.39, 0.29) is 41.5 Å². The minimum atomic E-state index is -1.44. The molecule has 1 aromatic rings. The third-order valence-electron chi connectivity index (χ3n) is 7.28. The summed E-state index contributed by atoms with van der Waals surface area (Å²) in [4.78, 5) is 107. The van der Waals surface area contributed by atoms with Crippen LogP contribution in [0.2, 0.25) is 0 Å². The molecule has 1 unspecified atom stereocenters. The largest absolute Gasteiger partial charge is 0.427 e. The van der Waals surface area contributed by atoms with Crippen molar-refractivity contribution in [1.82, 2.24) is 25.3 Å². The number of nitrogens with zero attached hydrogens (tertiary/aromatic N) is 5. The summed E-state index contributed by atoms with van der Waals surface area (Å²) < 4.78 is 10.0. The Hall–Kier alpha value is -5.35. The average Bonchev–Trinajstić information content (AvgIpc) is 3.04. The summed E-state index contributed by atoms with van der Waals surface area (Å²) in [6.45, 7) is 4.86. The first-order chi connectivity index (χ1) is 22.2. The quantitative estimate of drug-likeness (QED) is 0.0660. The summed E-state index contributed by atoms with van der Waals surface area (Å²) in [5.74, 6) is -5.51. The van der Waals surface area contributed by atoms with Crippen molar-refractivity contribution < 1.29 is 52.6 Å². The molecule has 17 nitrogen and oxygen atoms in total. The van der Waals surface area contributed by atoms with Gasteiger partial charge < -0.3 is 35.3 Å². The van der Waals surface area contributed by atoms with E-state index in [1.165, 1.54) is 19.1 Å². The van der Waals surface area contributed by atoms with Crippen molar-refractivity contribution in [3.8, 4) is 0 Å². The molecule has 0 radical (unpaired) electrons. The predicted molar refractivity (Wildman–Crippen MR) is 160 cm³/mol. The van der Waals surface area contributed by atoms with E-state index >= 15 is 0 Å². The topological polar surface area (TPSA) is 225 Å². The van der Waals surface area contributed by atoms with E-state index < -0.39 is 71.3 Å². The standard InChI is InChI=1S/C29H31N7O10S/c1-15-19(26(42)45-14-46-27(43)29(2,3)4)36-22(39)18(25(36)47-21(15)33-30)31-20(38)17(16-8-6-5-7-9-16)32-28(44)35-11-10-34(12-13-37)23(40)24(35)41/h5-9,13,17-18,25H,10-12,14H2,1-4H3,(H,31,38)(H,32,44)/t17-,18?,25+/m0/s1. The molecule has 3 atom stereocenters. The smallest absolute Gasteiger partial charge is 0.358 e. The number of fused-ring (bicyclic) bond motifs is 1. The van der Waals surface area contributed by atoms with Crippen molar-refractivity contribution in [1.29, 1.82) is 0 Å². The number of benzene rings is 1. The van der Waals surface area contributed by atoms with Gasteiger partial charge in [-0.15, -0.1) is 0 Å². The molecule has 4 rings (SSSR count). The maximum atomic E-state index is 13.6. The van der Waals surface area contributed by atoms with Crippen LogP contribution >= 0.6 is 11.8 Å². The zero-order valence-corrected chi connectivity index (χ0v) is 26.6. The molecule has 0 saturated carbocycles. The summed E-state index contributed by atoms with van der Waals surface area (Å²) in [6.07, 6.45) is 0.452. The molecular formula is C29H31N7O10S. The van der Waals surface area contributed by atoms with Crippen LogP contribution in [0.4, 0.5) is 4.79 Å². The molecule has 3 aliphatic rings. The molecule has 1 aromatic carbocycles. The van der Waals surface area contributed by atoms with Crippen LogP contribution in [0, 0.1) is 5.41 Å². The molecule has 248 valence electrons. The molecule has 47 heavy (non-hydrogen) atoms. The number of carbonyl (C=O) groups is 8. The van der Waals surface area contributed by atoms with E-state index in [1.807, 2.05) is 0 Å². The number of hydrogen-bond acceptors (Lipinski definition) is 11. The van der Waals surface area contributed by atoms with Gasteiger partial charge in [-0.3, -0.25) is 33.8 Å². The highest BCUT2D eigenvalue weighted by atomic mass is 32.2. The second-order valence-electron chi connectivity index (χ2n) is 11.5. The highest BCUT2D eigenvalue weighted by molar-refractivity contribution is 8.14. The van der Waals surface area contributed by atoms with Gasteiger partial charge in [0.1, 0.15) is 29.4 Å². The van der Waals surface area contributed by atoms with E-state index in [2.05, 4.69) is 15.4 Å². The molecule has 2 saturated heterocycles. The Morgan fingerprint density at radius 1 is 1.09 bits per heavy atom. The minimum Gasteiger partial charge on any atom is -0.427 e. The second-order valence-corrected chi connectivity index (χ2v) is 12.6. The van der Waals surface area contributed by atoms with Gasteiger partial charge in [-0.2, -0.15) is 4.79 Å². The van der Waals surface area contributed by atoms with Gasteiger partial charge in [-0.25, -0.2) is 9.59 Å². The molecule has 0 spiro atoms. The minimum absolute atomic E-state index is 0.0403. The number of esters is 2. The van der Waals surface area contributed by atoms with E-state index in [0.717, 1.165) is 21.6 Å². The van der Waals surface area contributed by atoms with Crippen LogP contribution < -0.4 is 10.6 Å². The lowest BCUT2D eigenvalue weighted by atomic mass is 9.98. The van der Waals surface area contributed by atoms with Crippen LogP contribution in [0.25, 0.3) is 5.53 Å². The number of aldehydes is 1. The van der Waals surface area contributed by atoms with Crippen LogP contribution in [0.15, 0.2) is 41.6 Å². The fourth-order valence-electron chi connectivity index (χ4n) is 4.73. The fourth-order valence-corrected chi connectivity index (χ4v) is 5.91. The average molecular weight is 670 g/mol. The molecule has 2 fully saturated rings. The monoisotopic (exact) mass is 669 g/mol. The van der Waals surface area contributed by atoms with Gasteiger partial charge in [0.15, 0.2) is 0 Å². The zero-order valence-electron chi connectivity index (χ0n) is 25.8. The van der Waals surface area contributed by atoms with Gasteiger partial charge in [-0.1, -0.05) is 30.3 Å². The van der Waals surface area contributed by atoms with Gasteiger partial charge in [0, 0.05) is 13.1 Å². The van der Waals surface area contributed by atoms with Crippen LogP contribution in [0.5, 0.6) is 0 Å². The Kier molecular flexibility index (Phi) is 10.3. The molecule has 3 heterocycles. The predicted octanol–water partition coefficient (Wildman–Crippen LogP) is -0.301. The van der Waals surface area contributed by atoms with Crippen molar-refractivity contribution in [2.24, 2.45) is 5.41 Å². The van der Waals surface area contributed by atoms with Crippen molar-refractivity contribution >= 4 is 64.7 Å². The second kappa shape index (κ2) is 14.0. The SMILES string of the molecule is CC1=C(C(=O)OCOC(=O)C(C)(C)C)N2C(=O)C(NC(=O)[C@@H](NC(=O)N3CCN(CC=O)C(=O)C3=O)c3ccccc3)[C@H]2SC1=[N+]=[N-]. The van der Waals surface area contributed by atoms with E-state index in [9.17, 15) is 43.9 Å². The van der Waals surface area contributed by atoms with Gasteiger partial charge in [0.05, 0.1) is 17.5 Å². The molecular weight excluding hydrogens is 638 g/mol. The summed E-state index contributed by atoms with van der Waals surface area (Å²) in [5, 5.41) is 3.96. The highest BCUT2D eigenvalue weighted by Crippen LogP contribution is 2.41. The van der Waals surface area contributed by atoms with Crippen LogP contribution in [0.1, 0.15) is 39.3 Å². The van der Waals surface area contributed by atoms with Gasteiger partial charge in [-0.05, 0) is 45.0 Å². The Morgan fingerprint density at radius 2 is 1.77 bits per heavy atom. The maximum Gasteiger partial charge on any atom is 0.358 e. The number of ether oxygens (including phenoxy) is 2. The summed E-state index contributed by atoms with van der Waals surface area (Å²) in [5.41, 5.74) is 8.83. The zero-order chi connectivity index (χ0) is 34.6. The lowest BCUT2D eigenvalue weighted by molar-refractivity contribution is -0.173. The number of imide groups is 1. The van der Waals surface area contributed by atoms with Gasteiger partial charge in [0.2, 0.25) is 12.7 Å². The van der Waals surface area contributed by atoms with Crippen molar-refractivity contribution in [2.45, 2.75) is 45.2 Å². The molecule has 0 aliphatic carbocycles. The van der Waals surface area contributed by atoms with Crippen molar-refractivity contribution in [2.75, 3.05) is 26.4 Å². The number of nitrogens with one attached hydrogen (secondary N) is 2. The molecule has 3 aliphatic heterocycles. The number of amides is 6. The molecule has 2 N–H and O–H groups in total. The summed E-state index contributed by atoms with van der Waals surface area (Å²) in [6, 6.07) is 4.12. The fraction of sp³-hybridized carbons (Fsp3) is 0.414. The maximum absolute atomic E-state index is 13.6. The normalized spacial score (nSPS) is 20.0. The van der Waals surface area contributed by atoms with E-state index in [1.54, 1.807) is 39.0 Å². The number of urea groups is 1. The van der Waals surface area contributed by atoms with Crippen LogP contribution in [-0.2, 0) is 43.0 Å². The Morgan fingerprint density at radius 3 is 2.38 bits per heavy atom. The Labute approximate surface area is 272 Å². The third-order valence-corrected chi connectivity index (χ3v) is 8.61. The van der Waals surface area contributed by atoms with Crippen molar-refractivity contribution in [3.05, 3.63) is 52.7 Å². The summed E-state index contributed by atoms with van der Waals surface area (Å²) >= 11 is 0.877. The molecule has 0 bridgehead atoms. The van der Waals surface area contributed by atoms with Crippen molar-refractivity contribution in [3.63, 3.8) is 0 Å². The van der Waals surface area contributed by atoms with Crippen LogP contribution in [0.3, 0.4) is 0 Å². The lowest BCUT2D eigenvalue weighted by Crippen LogP contribution is -2.71. The number of hydrogen-bond donors (Lipinski definition) is 2. The first-order valence-corrected chi connectivity index (χ1v) is 15.1. The van der Waals surface area contributed by atoms with Gasteiger partial charge in [0.25, 0.3) is 5.91 Å². The number of carbonyl (C=O) groups excluding carboxylic acids is 8. The number of piperazine rings is 1. The first-order valence-electron chi connectivity index (χ1n) is 14.2. The van der Waals surface area contributed by atoms with Gasteiger partial charge >= 0.3 is 34.8 Å². The first kappa shape index (κ1) is 34.5. The highest BCUT2D eigenvalue weighted by Gasteiger charge is 2.58. The van der Waals surface area contributed by atoms with E-state index in [0.29, 0.717) is 11.2 Å². The molecule has 18 heteroatoms. The lowest BCUT2D eigenvalue weighted by Gasteiger charge is -2.48. The molecule has 6 amide bonds. The third kappa shape index (κ3) is 7.07. The number of rotatable bonds is 9. The number of thioether (sulfide) groups is 1. The Balaban J connectivity index is 1.50. The van der Waals surface area contributed by atoms with E-state index in [4.69, 9.17) is 9.47 Å².